The highest BCUT2D eigenvalue weighted by atomic mass is 32.2. The Labute approximate surface area is 124 Å². The molecule has 0 aliphatic heterocycles. The minimum absolute atomic E-state index is 0.0824. The summed E-state index contributed by atoms with van der Waals surface area (Å²) in [7, 11) is -2.32. The lowest BCUT2D eigenvalue weighted by Gasteiger charge is -2.32. The summed E-state index contributed by atoms with van der Waals surface area (Å²) in [6.07, 6.45) is 2.35. The molecular weight excluding hydrogens is 294 g/mol. The number of aliphatic hydroxyl groups is 1. The van der Waals surface area contributed by atoms with E-state index in [0.717, 1.165) is 10.4 Å². The van der Waals surface area contributed by atoms with Gasteiger partial charge in [0.15, 0.2) is 0 Å². The first-order chi connectivity index (χ1) is 9.61. The lowest BCUT2D eigenvalue weighted by Crippen LogP contribution is -2.47. The van der Waals surface area contributed by atoms with Gasteiger partial charge in [-0.1, -0.05) is 12.1 Å². The average Bonchev–Trinajstić information content (AvgIpc) is 2.44. The molecule has 0 spiro atoms. The molecule has 0 heterocycles. The predicted molar refractivity (Wildman–Crippen MR) is 79.2 cm³/mol. The van der Waals surface area contributed by atoms with Crippen molar-refractivity contribution in [3.63, 3.8) is 0 Å². The largest absolute Gasteiger partial charge is 0.478 e. The van der Waals surface area contributed by atoms with Crippen LogP contribution in [0.1, 0.15) is 19.4 Å². The molecule has 0 amide bonds. The third-order valence-corrected chi connectivity index (χ3v) is 5.28. The molecule has 0 atom stereocenters. The van der Waals surface area contributed by atoms with E-state index in [2.05, 4.69) is 0 Å². The van der Waals surface area contributed by atoms with Crippen LogP contribution in [0.3, 0.4) is 0 Å². The SMILES string of the molecule is CN(C(C)(C)CO)S(=O)(=O)c1ccc(/C=C/C(=O)O)cc1. The van der Waals surface area contributed by atoms with E-state index < -0.39 is 21.5 Å². The lowest BCUT2D eigenvalue weighted by molar-refractivity contribution is -0.131. The number of sulfonamides is 1. The van der Waals surface area contributed by atoms with E-state index in [1.807, 2.05) is 0 Å². The maximum atomic E-state index is 12.4. The number of aliphatic carboxylic acids is 1. The number of rotatable bonds is 6. The van der Waals surface area contributed by atoms with Gasteiger partial charge in [-0.05, 0) is 37.6 Å². The van der Waals surface area contributed by atoms with Gasteiger partial charge < -0.3 is 10.2 Å². The average molecular weight is 313 g/mol. The highest BCUT2D eigenvalue weighted by molar-refractivity contribution is 7.89. The number of benzene rings is 1. The fraction of sp³-hybridized carbons (Fsp3) is 0.357. The second-order valence-corrected chi connectivity index (χ2v) is 7.15. The molecule has 0 aromatic heterocycles. The second kappa shape index (κ2) is 6.38. The van der Waals surface area contributed by atoms with E-state index in [1.165, 1.54) is 37.4 Å². The molecule has 0 saturated carbocycles. The van der Waals surface area contributed by atoms with Crippen molar-refractivity contribution in [2.75, 3.05) is 13.7 Å². The lowest BCUT2D eigenvalue weighted by atomic mass is 10.1. The minimum atomic E-state index is -3.72. The van der Waals surface area contributed by atoms with Gasteiger partial charge in [-0.3, -0.25) is 0 Å². The van der Waals surface area contributed by atoms with Crippen molar-refractivity contribution < 1.29 is 23.4 Å². The molecule has 21 heavy (non-hydrogen) atoms. The van der Waals surface area contributed by atoms with Crippen LogP contribution in [0.5, 0.6) is 0 Å². The van der Waals surface area contributed by atoms with Gasteiger partial charge in [0.2, 0.25) is 10.0 Å². The zero-order chi connectivity index (χ0) is 16.3. The molecule has 116 valence electrons. The molecule has 0 saturated heterocycles. The Morgan fingerprint density at radius 2 is 1.81 bits per heavy atom. The fourth-order valence-electron chi connectivity index (χ4n) is 1.50. The number of carboxylic acids is 1. The van der Waals surface area contributed by atoms with E-state index >= 15 is 0 Å². The first-order valence-corrected chi connectivity index (χ1v) is 7.66. The Morgan fingerprint density at radius 3 is 2.24 bits per heavy atom. The van der Waals surface area contributed by atoms with Crippen LogP contribution in [0.15, 0.2) is 35.2 Å². The fourth-order valence-corrected chi connectivity index (χ4v) is 3.01. The second-order valence-electron chi connectivity index (χ2n) is 5.18. The first kappa shape index (κ1) is 17.4. The Kier molecular flexibility index (Phi) is 5.27. The van der Waals surface area contributed by atoms with Crippen molar-refractivity contribution in [2.45, 2.75) is 24.3 Å². The summed E-state index contributed by atoms with van der Waals surface area (Å²) < 4.78 is 25.9. The number of hydrogen-bond acceptors (Lipinski definition) is 4. The zero-order valence-corrected chi connectivity index (χ0v) is 13.0. The van der Waals surface area contributed by atoms with Crippen LogP contribution in [0.25, 0.3) is 6.08 Å². The van der Waals surface area contributed by atoms with Gasteiger partial charge >= 0.3 is 5.97 Å². The molecule has 0 unspecified atom stereocenters. The summed E-state index contributed by atoms with van der Waals surface area (Å²) >= 11 is 0. The van der Waals surface area contributed by atoms with Crippen molar-refractivity contribution in [3.05, 3.63) is 35.9 Å². The summed E-state index contributed by atoms with van der Waals surface area (Å²) in [5.41, 5.74) is -0.332. The van der Waals surface area contributed by atoms with Crippen molar-refractivity contribution >= 4 is 22.1 Å². The van der Waals surface area contributed by atoms with Crippen LogP contribution < -0.4 is 0 Å². The minimum Gasteiger partial charge on any atom is -0.478 e. The topological polar surface area (TPSA) is 94.9 Å². The molecule has 0 bridgehead atoms. The van der Waals surface area contributed by atoms with Crippen LogP contribution in [-0.2, 0) is 14.8 Å². The number of likely N-dealkylation sites (N-methyl/N-ethyl adjacent to an activating group) is 1. The van der Waals surface area contributed by atoms with Crippen molar-refractivity contribution in [3.8, 4) is 0 Å². The van der Waals surface area contributed by atoms with Crippen LogP contribution in [-0.4, -0.2) is 48.1 Å². The number of carbonyl (C=O) groups is 1. The number of aliphatic hydroxyl groups excluding tert-OH is 1. The Bertz CT molecular complexity index is 632. The van der Waals surface area contributed by atoms with Gasteiger partial charge in [-0.15, -0.1) is 0 Å². The molecule has 1 rings (SSSR count). The molecule has 1 aromatic rings. The predicted octanol–water partition coefficient (Wildman–Crippen LogP) is 1.18. The molecule has 1 aromatic carbocycles. The van der Waals surface area contributed by atoms with E-state index in [0.29, 0.717) is 5.56 Å². The van der Waals surface area contributed by atoms with Crippen LogP contribution in [0.2, 0.25) is 0 Å². The summed E-state index contributed by atoms with van der Waals surface area (Å²) in [4.78, 5) is 10.5. The van der Waals surface area contributed by atoms with Gasteiger partial charge in [0.1, 0.15) is 0 Å². The van der Waals surface area contributed by atoms with Gasteiger partial charge in [-0.25, -0.2) is 13.2 Å². The van der Waals surface area contributed by atoms with Crippen molar-refractivity contribution in [2.24, 2.45) is 0 Å². The van der Waals surface area contributed by atoms with Gasteiger partial charge in [0, 0.05) is 13.1 Å². The zero-order valence-electron chi connectivity index (χ0n) is 12.1. The van der Waals surface area contributed by atoms with Gasteiger partial charge in [0.25, 0.3) is 0 Å². The summed E-state index contributed by atoms with van der Waals surface area (Å²) in [5, 5.41) is 17.8. The van der Waals surface area contributed by atoms with Gasteiger partial charge in [-0.2, -0.15) is 4.31 Å². The van der Waals surface area contributed by atoms with Crippen molar-refractivity contribution in [1.29, 1.82) is 0 Å². The monoisotopic (exact) mass is 313 g/mol. The van der Waals surface area contributed by atoms with E-state index in [-0.39, 0.29) is 11.5 Å². The molecule has 0 fully saturated rings. The van der Waals surface area contributed by atoms with E-state index in [9.17, 15) is 18.3 Å². The molecule has 0 aliphatic carbocycles. The van der Waals surface area contributed by atoms with Crippen LogP contribution in [0.4, 0.5) is 0 Å². The molecule has 7 heteroatoms. The number of hydrogen-bond donors (Lipinski definition) is 2. The number of nitrogens with zero attached hydrogens (tertiary/aromatic N) is 1. The van der Waals surface area contributed by atoms with E-state index in [1.54, 1.807) is 13.8 Å². The normalized spacial score (nSPS) is 13.0. The molecular formula is C14H19NO5S. The third kappa shape index (κ3) is 4.13. The van der Waals surface area contributed by atoms with Gasteiger partial charge in [0.05, 0.1) is 17.0 Å². The Balaban J connectivity index is 3.08. The highest BCUT2D eigenvalue weighted by Gasteiger charge is 2.33. The van der Waals surface area contributed by atoms with Crippen LogP contribution >= 0.6 is 0 Å². The molecule has 2 N–H and O–H groups in total. The molecule has 0 aliphatic rings. The molecule has 6 nitrogen and oxygen atoms in total. The van der Waals surface area contributed by atoms with E-state index in [4.69, 9.17) is 5.11 Å². The standard InChI is InChI=1S/C14H19NO5S/c1-14(2,10-16)15(3)21(19,20)12-7-4-11(5-8-12)6-9-13(17)18/h4-9,16H,10H2,1-3H3,(H,17,18)/b9-6+. The Hall–Kier alpha value is -1.70. The summed E-state index contributed by atoms with van der Waals surface area (Å²) in [6, 6.07) is 5.85. The molecule has 0 radical (unpaired) electrons. The summed E-state index contributed by atoms with van der Waals surface area (Å²) in [5.74, 6) is -1.07. The maximum absolute atomic E-state index is 12.4. The summed E-state index contributed by atoms with van der Waals surface area (Å²) in [6.45, 7) is 2.94. The highest BCUT2D eigenvalue weighted by Crippen LogP contribution is 2.22. The first-order valence-electron chi connectivity index (χ1n) is 6.22. The third-order valence-electron chi connectivity index (χ3n) is 3.20. The quantitative estimate of drug-likeness (QED) is 0.769. The Morgan fingerprint density at radius 1 is 1.29 bits per heavy atom. The van der Waals surface area contributed by atoms with Crippen molar-refractivity contribution in [1.82, 2.24) is 4.31 Å². The smallest absolute Gasteiger partial charge is 0.328 e. The number of carboxylic acid groups (broad SMARTS) is 1. The van der Waals surface area contributed by atoms with Crippen LogP contribution in [0, 0.1) is 0 Å². The maximum Gasteiger partial charge on any atom is 0.328 e.